The molecule has 0 saturated carbocycles. The first-order valence-electron chi connectivity index (χ1n) is 7.02. The normalized spacial score (nSPS) is 24.0. The van der Waals surface area contributed by atoms with Crippen LogP contribution in [0, 0.1) is 0 Å². The van der Waals surface area contributed by atoms with Crippen molar-refractivity contribution in [3.8, 4) is 0 Å². The number of fused-ring (bicyclic) bond motifs is 1. The van der Waals surface area contributed by atoms with Crippen molar-refractivity contribution in [1.29, 1.82) is 0 Å². The molecule has 1 fully saturated rings. The van der Waals surface area contributed by atoms with Crippen molar-refractivity contribution in [1.82, 2.24) is 14.8 Å². The second-order valence-electron chi connectivity index (χ2n) is 5.44. The summed E-state index contributed by atoms with van der Waals surface area (Å²) in [6.45, 7) is 0.835. The molecule has 0 aromatic carbocycles. The molecule has 3 heterocycles. The topological polar surface area (TPSA) is 83.0 Å². The summed E-state index contributed by atoms with van der Waals surface area (Å²) in [6, 6.07) is 5.55. The zero-order valence-electron chi connectivity index (χ0n) is 12.2. The van der Waals surface area contributed by atoms with E-state index in [1.165, 1.54) is 18.1 Å². The largest absolute Gasteiger partial charge is 0.498 e. The molecule has 1 saturated heterocycles. The fraction of sp³-hybridized carbons (Fsp3) is 0.400. The lowest BCUT2D eigenvalue weighted by molar-refractivity contribution is -0.132. The van der Waals surface area contributed by atoms with Crippen LogP contribution in [0.5, 0.6) is 0 Å². The molecule has 3 rings (SSSR count). The van der Waals surface area contributed by atoms with Gasteiger partial charge in [-0.05, 0) is 12.1 Å². The van der Waals surface area contributed by atoms with Crippen LogP contribution in [0.25, 0.3) is 0 Å². The standard InChI is InChI=1S/C15H17N3O4/c1-22-12-8-13(19)18-7-6-17(14(20)21)10-15(12,18)9-11-4-2-3-5-16-11/h2-5,8H,6-7,9-10H2,1H3,(H,20,21). The Morgan fingerprint density at radius 2 is 2.27 bits per heavy atom. The highest BCUT2D eigenvalue weighted by Crippen LogP contribution is 2.37. The van der Waals surface area contributed by atoms with Crippen LogP contribution >= 0.6 is 0 Å². The minimum atomic E-state index is -0.991. The van der Waals surface area contributed by atoms with Gasteiger partial charge in [-0.3, -0.25) is 9.78 Å². The van der Waals surface area contributed by atoms with Gasteiger partial charge >= 0.3 is 6.09 Å². The molecule has 22 heavy (non-hydrogen) atoms. The predicted molar refractivity (Wildman–Crippen MR) is 77.1 cm³/mol. The molecule has 2 amide bonds. The molecule has 116 valence electrons. The molecule has 1 N–H and O–H groups in total. The summed E-state index contributed by atoms with van der Waals surface area (Å²) in [7, 11) is 1.50. The molecule has 0 bridgehead atoms. The van der Waals surface area contributed by atoms with Gasteiger partial charge in [0.25, 0.3) is 5.91 Å². The van der Waals surface area contributed by atoms with Crippen LogP contribution in [0.4, 0.5) is 4.79 Å². The third kappa shape index (κ3) is 2.18. The highest BCUT2D eigenvalue weighted by Gasteiger charge is 2.53. The third-order valence-corrected chi connectivity index (χ3v) is 4.23. The van der Waals surface area contributed by atoms with Crippen LogP contribution in [-0.4, -0.2) is 64.2 Å². The Morgan fingerprint density at radius 3 is 2.91 bits per heavy atom. The van der Waals surface area contributed by atoms with E-state index in [2.05, 4.69) is 4.98 Å². The molecule has 0 spiro atoms. The van der Waals surface area contributed by atoms with Crippen molar-refractivity contribution in [2.24, 2.45) is 0 Å². The summed E-state index contributed by atoms with van der Waals surface area (Å²) < 4.78 is 5.41. The number of carbonyl (C=O) groups excluding carboxylic acids is 1. The molecule has 7 nitrogen and oxygen atoms in total. The number of rotatable bonds is 3. The Bertz CT molecular complexity index is 631. The molecule has 1 aromatic rings. The first-order chi connectivity index (χ1) is 10.6. The van der Waals surface area contributed by atoms with Crippen molar-refractivity contribution in [2.75, 3.05) is 26.7 Å². The number of methoxy groups -OCH3 is 1. The maximum atomic E-state index is 12.2. The fourth-order valence-electron chi connectivity index (χ4n) is 3.22. The van der Waals surface area contributed by atoms with Gasteiger partial charge in [-0.25, -0.2) is 4.79 Å². The summed E-state index contributed by atoms with van der Waals surface area (Å²) in [5.74, 6) is 0.354. The van der Waals surface area contributed by atoms with Gasteiger partial charge in [-0.15, -0.1) is 0 Å². The van der Waals surface area contributed by atoms with Gasteiger partial charge in [-0.1, -0.05) is 6.07 Å². The number of aromatic nitrogens is 1. The lowest BCUT2D eigenvalue weighted by Gasteiger charge is -2.46. The summed E-state index contributed by atoms with van der Waals surface area (Å²) >= 11 is 0. The third-order valence-electron chi connectivity index (χ3n) is 4.23. The van der Waals surface area contributed by atoms with Gasteiger partial charge in [0.1, 0.15) is 11.3 Å². The van der Waals surface area contributed by atoms with E-state index in [-0.39, 0.29) is 12.5 Å². The van der Waals surface area contributed by atoms with Crippen LogP contribution in [0.3, 0.4) is 0 Å². The second-order valence-corrected chi connectivity index (χ2v) is 5.44. The number of amides is 2. The maximum absolute atomic E-state index is 12.2. The van der Waals surface area contributed by atoms with Gasteiger partial charge in [0.2, 0.25) is 0 Å². The zero-order chi connectivity index (χ0) is 15.7. The number of piperazine rings is 1. The maximum Gasteiger partial charge on any atom is 0.407 e. The van der Waals surface area contributed by atoms with Gasteiger partial charge in [0, 0.05) is 37.5 Å². The summed E-state index contributed by atoms with van der Waals surface area (Å²) in [4.78, 5) is 30.9. The minimum absolute atomic E-state index is 0.141. The average molecular weight is 303 g/mol. The Balaban J connectivity index is 2.00. The number of carbonyl (C=O) groups is 2. The second kappa shape index (κ2) is 5.32. The van der Waals surface area contributed by atoms with Gasteiger partial charge < -0.3 is 19.6 Å². The summed E-state index contributed by atoms with van der Waals surface area (Å²) in [5, 5.41) is 9.31. The molecular weight excluding hydrogens is 286 g/mol. The molecule has 1 atom stereocenters. The molecule has 2 aliphatic heterocycles. The first-order valence-corrected chi connectivity index (χ1v) is 7.02. The smallest absolute Gasteiger partial charge is 0.407 e. The van der Waals surface area contributed by atoms with E-state index < -0.39 is 11.6 Å². The van der Waals surface area contributed by atoms with E-state index in [0.29, 0.717) is 25.3 Å². The average Bonchev–Trinajstić information content (AvgIpc) is 2.79. The van der Waals surface area contributed by atoms with E-state index in [4.69, 9.17) is 4.74 Å². The van der Waals surface area contributed by atoms with Crippen LogP contribution < -0.4 is 0 Å². The van der Waals surface area contributed by atoms with Crippen LogP contribution in [0.1, 0.15) is 5.69 Å². The predicted octanol–water partition coefficient (Wildman–Crippen LogP) is 0.729. The van der Waals surface area contributed by atoms with Crippen molar-refractivity contribution in [3.63, 3.8) is 0 Å². The molecule has 0 aliphatic carbocycles. The summed E-state index contributed by atoms with van der Waals surface area (Å²) in [6.07, 6.45) is 2.56. The zero-order valence-corrected chi connectivity index (χ0v) is 12.2. The lowest BCUT2D eigenvalue weighted by Crippen LogP contribution is -2.64. The highest BCUT2D eigenvalue weighted by molar-refractivity contribution is 5.93. The molecule has 0 radical (unpaired) electrons. The number of carboxylic acid groups (broad SMARTS) is 1. The van der Waals surface area contributed by atoms with Crippen molar-refractivity contribution < 1.29 is 19.4 Å². The fourth-order valence-corrected chi connectivity index (χ4v) is 3.22. The monoisotopic (exact) mass is 303 g/mol. The van der Waals surface area contributed by atoms with Gasteiger partial charge in [-0.2, -0.15) is 0 Å². The van der Waals surface area contributed by atoms with E-state index in [9.17, 15) is 14.7 Å². The van der Waals surface area contributed by atoms with E-state index in [1.807, 2.05) is 18.2 Å². The molecule has 7 heteroatoms. The molecule has 2 aliphatic rings. The minimum Gasteiger partial charge on any atom is -0.498 e. The lowest BCUT2D eigenvalue weighted by atomic mass is 9.88. The first kappa shape index (κ1) is 14.4. The molecule has 1 unspecified atom stereocenters. The van der Waals surface area contributed by atoms with E-state index >= 15 is 0 Å². The van der Waals surface area contributed by atoms with Gasteiger partial charge in [0.15, 0.2) is 0 Å². The molecular formula is C15H17N3O4. The summed E-state index contributed by atoms with van der Waals surface area (Å²) in [5.41, 5.74) is -0.0195. The number of nitrogens with zero attached hydrogens (tertiary/aromatic N) is 3. The quantitative estimate of drug-likeness (QED) is 0.890. The van der Waals surface area contributed by atoms with Crippen molar-refractivity contribution in [2.45, 2.75) is 12.0 Å². The Hall–Kier alpha value is -2.57. The highest BCUT2D eigenvalue weighted by atomic mass is 16.5. The Kier molecular flexibility index (Phi) is 3.48. The van der Waals surface area contributed by atoms with Crippen LogP contribution in [0.2, 0.25) is 0 Å². The van der Waals surface area contributed by atoms with Gasteiger partial charge in [0.05, 0.1) is 13.7 Å². The molecule has 1 aromatic heterocycles. The van der Waals surface area contributed by atoms with Crippen molar-refractivity contribution >= 4 is 12.0 Å². The van der Waals surface area contributed by atoms with Crippen molar-refractivity contribution in [3.05, 3.63) is 41.9 Å². The Morgan fingerprint density at radius 1 is 1.45 bits per heavy atom. The van der Waals surface area contributed by atoms with E-state index in [0.717, 1.165) is 5.69 Å². The SMILES string of the molecule is COC1=CC(=O)N2CCN(C(=O)O)CC12Cc1ccccn1. The van der Waals surface area contributed by atoms with Crippen LogP contribution in [0.15, 0.2) is 36.2 Å². The number of hydrogen-bond donors (Lipinski definition) is 1. The van der Waals surface area contributed by atoms with E-state index in [1.54, 1.807) is 11.1 Å². The Labute approximate surface area is 127 Å². The number of pyridine rings is 1. The number of hydrogen-bond acceptors (Lipinski definition) is 4. The van der Waals surface area contributed by atoms with Crippen LogP contribution in [-0.2, 0) is 16.0 Å². The number of ether oxygens (including phenoxy) is 1.